The average Bonchev–Trinajstić information content (AvgIpc) is 2.56. The summed E-state index contributed by atoms with van der Waals surface area (Å²) in [6.45, 7) is 6.74. The van der Waals surface area contributed by atoms with Crippen LogP contribution in [-0.2, 0) is 13.1 Å². The number of fused-ring (bicyclic) bond motifs is 1. The van der Waals surface area contributed by atoms with Crippen molar-refractivity contribution in [2.75, 3.05) is 27.2 Å². The summed E-state index contributed by atoms with van der Waals surface area (Å²) in [7, 11) is 4.26. The van der Waals surface area contributed by atoms with Crippen molar-refractivity contribution in [3.05, 3.63) is 34.9 Å². The first-order chi connectivity index (χ1) is 7.15. The number of hydrogen-bond acceptors (Lipinski definition) is 2. The fourth-order valence-corrected chi connectivity index (χ4v) is 2.09. The lowest BCUT2D eigenvalue weighted by Crippen LogP contribution is -2.27. The molecule has 1 aliphatic rings. The number of aryl methyl sites for hydroxylation is 1. The molecule has 0 saturated carbocycles. The van der Waals surface area contributed by atoms with E-state index in [1.807, 2.05) is 0 Å². The summed E-state index contributed by atoms with van der Waals surface area (Å²) in [6.07, 6.45) is 0. The fourth-order valence-electron chi connectivity index (χ4n) is 2.09. The van der Waals surface area contributed by atoms with Crippen LogP contribution in [0, 0.1) is 6.92 Å². The van der Waals surface area contributed by atoms with Crippen LogP contribution in [0.1, 0.15) is 16.7 Å². The highest BCUT2D eigenvalue weighted by atomic mass is 15.2. The summed E-state index contributed by atoms with van der Waals surface area (Å²) >= 11 is 0. The summed E-state index contributed by atoms with van der Waals surface area (Å²) in [5, 5.41) is 0. The van der Waals surface area contributed by atoms with Crippen molar-refractivity contribution in [1.29, 1.82) is 0 Å². The molecule has 0 radical (unpaired) electrons. The van der Waals surface area contributed by atoms with E-state index in [4.69, 9.17) is 0 Å². The Morgan fingerprint density at radius 3 is 2.67 bits per heavy atom. The van der Waals surface area contributed by atoms with Gasteiger partial charge in [-0.1, -0.05) is 23.8 Å². The molecule has 0 atom stereocenters. The molecule has 15 heavy (non-hydrogen) atoms. The fraction of sp³-hybridized carbons (Fsp3) is 0.538. The maximum atomic E-state index is 2.52. The highest BCUT2D eigenvalue weighted by molar-refractivity contribution is 5.34. The third-order valence-corrected chi connectivity index (χ3v) is 3.01. The SMILES string of the molecule is Cc1ccc2c(c1)CN(CCN(C)C)C2. The van der Waals surface area contributed by atoms with Gasteiger partial charge in [0.05, 0.1) is 0 Å². The molecule has 0 unspecified atom stereocenters. The smallest absolute Gasteiger partial charge is 0.0241 e. The van der Waals surface area contributed by atoms with Gasteiger partial charge in [-0.05, 0) is 32.1 Å². The van der Waals surface area contributed by atoms with Crippen LogP contribution < -0.4 is 0 Å². The molecule has 0 saturated heterocycles. The Morgan fingerprint density at radius 1 is 1.20 bits per heavy atom. The van der Waals surface area contributed by atoms with Crippen molar-refractivity contribution in [2.45, 2.75) is 20.0 Å². The van der Waals surface area contributed by atoms with E-state index in [0.717, 1.165) is 19.6 Å². The Balaban J connectivity index is 1.97. The standard InChI is InChI=1S/C13H20N2/c1-11-4-5-12-9-15(7-6-14(2)3)10-13(12)8-11/h4-5,8H,6-7,9-10H2,1-3H3. The predicted octanol–water partition coefficient (Wildman–Crippen LogP) is 1.87. The van der Waals surface area contributed by atoms with Crippen LogP contribution in [0.25, 0.3) is 0 Å². The Labute approximate surface area is 92.5 Å². The van der Waals surface area contributed by atoms with E-state index in [1.54, 1.807) is 0 Å². The maximum Gasteiger partial charge on any atom is 0.0241 e. The summed E-state index contributed by atoms with van der Waals surface area (Å²) < 4.78 is 0. The molecule has 82 valence electrons. The van der Waals surface area contributed by atoms with Gasteiger partial charge in [-0.25, -0.2) is 0 Å². The average molecular weight is 204 g/mol. The minimum Gasteiger partial charge on any atom is -0.308 e. The quantitative estimate of drug-likeness (QED) is 0.741. The molecule has 0 spiro atoms. The van der Waals surface area contributed by atoms with Crippen molar-refractivity contribution in [3.63, 3.8) is 0 Å². The van der Waals surface area contributed by atoms with Gasteiger partial charge in [0.1, 0.15) is 0 Å². The molecule has 0 fully saturated rings. The van der Waals surface area contributed by atoms with Crippen LogP contribution >= 0.6 is 0 Å². The Morgan fingerprint density at radius 2 is 1.93 bits per heavy atom. The maximum absolute atomic E-state index is 2.52. The molecule has 2 heteroatoms. The van der Waals surface area contributed by atoms with Crippen LogP contribution in [0.15, 0.2) is 18.2 Å². The predicted molar refractivity (Wildman–Crippen MR) is 63.8 cm³/mol. The van der Waals surface area contributed by atoms with E-state index in [1.165, 1.54) is 23.2 Å². The van der Waals surface area contributed by atoms with Crippen molar-refractivity contribution in [3.8, 4) is 0 Å². The number of rotatable bonds is 3. The van der Waals surface area contributed by atoms with Crippen LogP contribution in [0.2, 0.25) is 0 Å². The third kappa shape index (κ3) is 2.58. The molecule has 1 aliphatic heterocycles. The van der Waals surface area contributed by atoms with Crippen LogP contribution in [0.5, 0.6) is 0 Å². The zero-order valence-electron chi connectivity index (χ0n) is 9.95. The molecular formula is C13H20N2. The minimum absolute atomic E-state index is 1.13. The molecule has 0 aromatic heterocycles. The van der Waals surface area contributed by atoms with E-state index in [-0.39, 0.29) is 0 Å². The molecule has 0 bridgehead atoms. The first-order valence-electron chi connectivity index (χ1n) is 5.60. The Hall–Kier alpha value is -0.860. The van der Waals surface area contributed by atoms with Gasteiger partial charge in [0.25, 0.3) is 0 Å². The van der Waals surface area contributed by atoms with Gasteiger partial charge >= 0.3 is 0 Å². The first kappa shape index (κ1) is 10.7. The summed E-state index contributed by atoms with van der Waals surface area (Å²) in [5.74, 6) is 0. The van der Waals surface area contributed by atoms with Crippen LogP contribution in [0.3, 0.4) is 0 Å². The molecule has 1 aromatic rings. The van der Waals surface area contributed by atoms with Gasteiger partial charge < -0.3 is 4.90 Å². The molecule has 0 N–H and O–H groups in total. The molecule has 0 aliphatic carbocycles. The first-order valence-corrected chi connectivity index (χ1v) is 5.60. The minimum atomic E-state index is 1.13. The number of hydrogen-bond donors (Lipinski definition) is 0. The van der Waals surface area contributed by atoms with Gasteiger partial charge in [0.2, 0.25) is 0 Å². The molecule has 1 aromatic carbocycles. The molecule has 1 heterocycles. The topological polar surface area (TPSA) is 6.48 Å². The zero-order chi connectivity index (χ0) is 10.8. The van der Waals surface area contributed by atoms with Gasteiger partial charge in [0, 0.05) is 26.2 Å². The van der Waals surface area contributed by atoms with Crippen LogP contribution in [0.4, 0.5) is 0 Å². The molecule has 2 rings (SSSR count). The largest absolute Gasteiger partial charge is 0.308 e. The van der Waals surface area contributed by atoms with Crippen molar-refractivity contribution >= 4 is 0 Å². The number of likely N-dealkylation sites (N-methyl/N-ethyl adjacent to an activating group) is 1. The number of benzene rings is 1. The van der Waals surface area contributed by atoms with E-state index >= 15 is 0 Å². The second kappa shape index (κ2) is 4.33. The van der Waals surface area contributed by atoms with E-state index in [0.29, 0.717) is 0 Å². The second-order valence-corrected chi connectivity index (χ2v) is 4.79. The van der Waals surface area contributed by atoms with Gasteiger partial charge in [-0.3, -0.25) is 4.90 Å². The van der Waals surface area contributed by atoms with Crippen LogP contribution in [-0.4, -0.2) is 37.0 Å². The highest BCUT2D eigenvalue weighted by Crippen LogP contribution is 2.23. The van der Waals surface area contributed by atoms with E-state index in [9.17, 15) is 0 Å². The molecule has 2 nitrogen and oxygen atoms in total. The zero-order valence-corrected chi connectivity index (χ0v) is 9.95. The van der Waals surface area contributed by atoms with E-state index < -0.39 is 0 Å². The Bertz CT molecular complexity index is 344. The molecular weight excluding hydrogens is 184 g/mol. The summed E-state index contributed by atoms with van der Waals surface area (Å²) in [5.41, 5.74) is 4.41. The lowest BCUT2D eigenvalue weighted by molar-refractivity contribution is 0.246. The highest BCUT2D eigenvalue weighted by Gasteiger charge is 2.17. The normalized spacial score (nSPS) is 16.0. The van der Waals surface area contributed by atoms with Gasteiger partial charge in [-0.15, -0.1) is 0 Å². The lowest BCUT2D eigenvalue weighted by Gasteiger charge is -2.17. The van der Waals surface area contributed by atoms with Gasteiger partial charge in [-0.2, -0.15) is 0 Å². The van der Waals surface area contributed by atoms with Crippen molar-refractivity contribution in [1.82, 2.24) is 9.80 Å². The second-order valence-electron chi connectivity index (χ2n) is 4.79. The lowest BCUT2D eigenvalue weighted by atomic mass is 10.1. The monoisotopic (exact) mass is 204 g/mol. The number of nitrogens with zero attached hydrogens (tertiary/aromatic N) is 2. The van der Waals surface area contributed by atoms with Crippen molar-refractivity contribution in [2.24, 2.45) is 0 Å². The third-order valence-electron chi connectivity index (χ3n) is 3.01. The summed E-state index contributed by atoms with van der Waals surface area (Å²) in [4.78, 5) is 4.76. The van der Waals surface area contributed by atoms with Crippen molar-refractivity contribution < 1.29 is 0 Å². The van der Waals surface area contributed by atoms with E-state index in [2.05, 4.69) is 49.0 Å². The molecule has 0 amide bonds. The summed E-state index contributed by atoms with van der Waals surface area (Å²) in [6, 6.07) is 6.82. The van der Waals surface area contributed by atoms with Gasteiger partial charge in [0.15, 0.2) is 0 Å². The Kier molecular flexibility index (Phi) is 3.08.